The van der Waals surface area contributed by atoms with Gasteiger partial charge in [0.1, 0.15) is 17.1 Å². The number of esters is 1. The van der Waals surface area contributed by atoms with Crippen LogP contribution in [0.2, 0.25) is 0 Å². The maximum atomic E-state index is 13.0. The fraction of sp³-hybridized carbons (Fsp3) is 0.500. The molecule has 4 aliphatic rings. The molecule has 2 heterocycles. The quantitative estimate of drug-likeness (QED) is 0.544. The fourth-order valence-electron chi connectivity index (χ4n) is 4.84. The van der Waals surface area contributed by atoms with Gasteiger partial charge < -0.3 is 14.6 Å². The summed E-state index contributed by atoms with van der Waals surface area (Å²) in [6.45, 7) is 6.94. The first-order valence-electron chi connectivity index (χ1n) is 10.7. The molecule has 4 rings (SSSR count). The summed E-state index contributed by atoms with van der Waals surface area (Å²) in [5.41, 5.74) is -0.513. The Morgan fingerprint density at radius 3 is 2.65 bits per heavy atom. The minimum Gasteiger partial charge on any atom is -0.468 e. The van der Waals surface area contributed by atoms with E-state index < -0.39 is 35.3 Å². The first kappa shape index (κ1) is 21.4. The number of carbonyl (C=O) groups excluding carboxylic acids is 4. The van der Waals surface area contributed by atoms with Crippen LogP contribution in [0.3, 0.4) is 0 Å². The number of aliphatic hydroxyl groups is 1. The SMILES string of the molecule is CCC(C)C(=O)C1=C2C3=COC(C4C(=O)CC(O)CC4C)=CC3=CC(=O)C2(C)OC1=O. The summed E-state index contributed by atoms with van der Waals surface area (Å²) in [7, 11) is 0. The van der Waals surface area contributed by atoms with Crippen LogP contribution < -0.4 is 0 Å². The van der Waals surface area contributed by atoms with Gasteiger partial charge >= 0.3 is 5.97 Å². The number of hydrogen-bond acceptors (Lipinski definition) is 7. The Bertz CT molecular complexity index is 1020. The number of hydrogen-bond donors (Lipinski definition) is 1. The van der Waals surface area contributed by atoms with E-state index in [1.165, 1.54) is 19.3 Å². The lowest BCUT2D eigenvalue weighted by Gasteiger charge is -2.35. The molecule has 0 amide bonds. The molecule has 2 aliphatic heterocycles. The predicted octanol–water partition coefficient (Wildman–Crippen LogP) is 2.50. The molecule has 0 aromatic rings. The van der Waals surface area contributed by atoms with Crippen molar-refractivity contribution in [2.45, 2.75) is 58.7 Å². The Morgan fingerprint density at radius 1 is 1.29 bits per heavy atom. The molecule has 0 aromatic carbocycles. The molecule has 5 unspecified atom stereocenters. The Labute approximate surface area is 180 Å². The third-order valence-corrected chi connectivity index (χ3v) is 6.79. The summed E-state index contributed by atoms with van der Waals surface area (Å²) in [5, 5.41) is 9.86. The molecule has 2 aliphatic carbocycles. The molecule has 164 valence electrons. The van der Waals surface area contributed by atoms with Gasteiger partial charge in [-0.05, 0) is 43.4 Å². The molecule has 0 spiro atoms. The van der Waals surface area contributed by atoms with Gasteiger partial charge in [-0.3, -0.25) is 14.4 Å². The third-order valence-electron chi connectivity index (χ3n) is 6.79. The normalized spacial score (nSPS) is 33.5. The molecule has 5 atom stereocenters. The largest absolute Gasteiger partial charge is 0.468 e. The lowest BCUT2D eigenvalue weighted by molar-refractivity contribution is -0.153. The Morgan fingerprint density at radius 2 is 2.00 bits per heavy atom. The number of fused-ring (bicyclic) bond motifs is 3. The average molecular weight is 426 g/mol. The highest BCUT2D eigenvalue weighted by Gasteiger charge is 2.55. The summed E-state index contributed by atoms with van der Waals surface area (Å²) in [4.78, 5) is 51.1. The van der Waals surface area contributed by atoms with Gasteiger partial charge in [-0.15, -0.1) is 0 Å². The number of ketones is 3. The van der Waals surface area contributed by atoms with Crippen LogP contribution in [-0.4, -0.2) is 40.1 Å². The van der Waals surface area contributed by atoms with Crippen molar-refractivity contribution in [3.8, 4) is 0 Å². The molecule has 7 nitrogen and oxygen atoms in total. The monoisotopic (exact) mass is 426 g/mol. The Hall–Kier alpha value is -2.80. The minimum absolute atomic E-state index is 0.0589. The standard InChI is InChI=1S/C24H26O7/c1-5-11(2)22(28)20-21-15-10-30-17(19-12(3)6-14(25)9-16(19)26)7-13(15)8-18(27)24(21,4)31-23(20)29/h7-8,10-12,14,19,25H,5-6,9H2,1-4H3. The maximum absolute atomic E-state index is 13.0. The van der Waals surface area contributed by atoms with Crippen LogP contribution in [0.25, 0.3) is 0 Å². The van der Waals surface area contributed by atoms with Crippen LogP contribution in [0.1, 0.15) is 47.0 Å². The minimum atomic E-state index is -1.57. The first-order valence-corrected chi connectivity index (χ1v) is 10.7. The highest BCUT2D eigenvalue weighted by molar-refractivity contribution is 6.24. The highest BCUT2D eigenvalue weighted by Crippen LogP contribution is 2.48. The molecule has 0 bridgehead atoms. The van der Waals surface area contributed by atoms with Gasteiger partial charge in [0.2, 0.25) is 5.78 Å². The van der Waals surface area contributed by atoms with Crippen molar-refractivity contribution >= 4 is 23.3 Å². The lowest BCUT2D eigenvalue weighted by atomic mass is 9.73. The molecule has 1 saturated carbocycles. The fourth-order valence-corrected chi connectivity index (χ4v) is 4.84. The molecule has 7 heteroatoms. The zero-order valence-electron chi connectivity index (χ0n) is 18.1. The average Bonchev–Trinajstić information content (AvgIpc) is 2.97. The second-order valence-electron chi connectivity index (χ2n) is 9.02. The van der Waals surface area contributed by atoms with Crippen molar-refractivity contribution in [2.75, 3.05) is 0 Å². The van der Waals surface area contributed by atoms with Crippen molar-refractivity contribution in [3.05, 3.63) is 46.5 Å². The van der Waals surface area contributed by atoms with Crippen LogP contribution in [-0.2, 0) is 28.7 Å². The van der Waals surface area contributed by atoms with E-state index in [1.54, 1.807) is 13.0 Å². The van der Waals surface area contributed by atoms with E-state index in [0.29, 0.717) is 29.7 Å². The molecule has 0 radical (unpaired) electrons. The first-order chi connectivity index (χ1) is 14.6. The molecule has 0 aromatic heterocycles. The van der Waals surface area contributed by atoms with Crippen LogP contribution in [0.4, 0.5) is 0 Å². The predicted molar refractivity (Wildman–Crippen MR) is 109 cm³/mol. The highest BCUT2D eigenvalue weighted by atomic mass is 16.6. The number of Topliss-reactive ketones (excluding diaryl/α,β-unsaturated/α-hetero) is 2. The Kier molecular flexibility index (Phi) is 5.12. The topological polar surface area (TPSA) is 107 Å². The summed E-state index contributed by atoms with van der Waals surface area (Å²) < 4.78 is 11.2. The zero-order valence-corrected chi connectivity index (χ0v) is 18.1. The van der Waals surface area contributed by atoms with E-state index in [1.807, 2.05) is 13.8 Å². The summed E-state index contributed by atoms with van der Waals surface area (Å²) in [6, 6.07) is 0. The van der Waals surface area contributed by atoms with E-state index in [-0.39, 0.29) is 35.1 Å². The van der Waals surface area contributed by atoms with E-state index in [9.17, 15) is 24.3 Å². The van der Waals surface area contributed by atoms with Gasteiger partial charge in [-0.25, -0.2) is 4.79 Å². The molecule has 1 fully saturated rings. The van der Waals surface area contributed by atoms with Crippen LogP contribution in [0, 0.1) is 17.8 Å². The van der Waals surface area contributed by atoms with Gasteiger partial charge in [0.25, 0.3) is 0 Å². The number of carbonyl (C=O) groups is 4. The number of aliphatic hydroxyl groups excluding tert-OH is 1. The van der Waals surface area contributed by atoms with Crippen molar-refractivity contribution < 1.29 is 33.8 Å². The number of allylic oxidation sites excluding steroid dienone is 3. The van der Waals surface area contributed by atoms with Gasteiger partial charge in [0.15, 0.2) is 11.4 Å². The van der Waals surface area contributed by atoms with Gasteiger partial charge in [-0.1, -0.05) is 20.8 Å². The van der Waals surface area contributed by atoms with Crippen molar-refractivity contribution in [1.82, 2.24) is 0 Å². The van der Waals surface area contributed by atoms with E-state index in [0.717, 1.165) is 0 Å². The summed E-state index contributed by atoms with van der Waals surface area (Å²) in [6.07, 6.45) is 4.82. The van der Waals surface area contributed by atoms with Crippen LogP contribution in [0.15, 0.2) is 46.5 Å². The molecular formula is C24H26O7. The third kappa shape index (κ3) is 3.22. The van der Waals surface area contributed by atoms with Gasteiger partial charge in [0.05, 0.1) is 18.3 Å². The maximum Gasteiger partial charge on any atom is 0.343 e. The molecule has 31 heavy (non-hydrogen) atoms. The van der Waals surface area contributed by atoms with E-state index in [2.05, 4.69) is 0 Å². The van der Waals surface area contributed by atoms with Gasteiger partial charge in [0, 0.05) is 23.5 Å². The molecule has 0 saturated heterocycles. The van der Waals surface area contributed by atoms with Crippen LogP contribution >= 0.6 is 0 Å². The van der Waals surface area contributed by atoms with E-state index in [4.69, 9.17) is 9.47 Å². The van der Waals surface area contributed by atoms with E-state index >= 15 is 0 Å². The van der Waals surface area contributed by atoms with Crippen molar-refractivity contribution in [1.29, 1.82) is 0 Å². The second-order valence-corrected chi connectivity index (χ2v) is 9.02. The second kappa shape index (κ2) is 7.41. The Balaban J connectivity index is 1.79. The zero-order chi connectivity index (χ0) is 22.7. The lowest BCUT2D eigenvalue weighted by Crippen LogP contribution is -2.41. The smallest absolute Gasteiger partial charge is 0.343 e. The number of rotatable bonds is 4. The summed E-state index contributed by atoms with van der Waals surface area (Å²) >= 11 is 0. The van der Waals surface area contributed by atoms with Gasteiger partial charge in [-0.2, -0.15) is 0 Å². The molecule has 1 N–H and O–H groups in total. The molecular weight excluding hydrogens is 400 g/mol. The number of ether oxygens (including phenoxy) is 2. The van der Waals surface area contributed by atoms with Crippen molar-refractivity contribution in [3.63, 3.8) is 0 Å². The summed E-state index contributed by atoms with van der Waals surface area (Å²) in [5.74, 6) is -2.36. The van der Waals surface area contributed by atoms with Crippen LogP contribution in [0.5, 0.6) is 0 Å². The van der Waals surface area contributed by atoms with Crippen molar-refractivity contribution in [2.24, 2.45) is 17.8 Å².